The highest BCUT2D eigenvalue weighted by atomic mass is 16.5. The zero-order valence-electron chi connectivity index (χ0n) is 9.08. The normalized spacial score (nSPS) is 24.0. The van der Waals surface area contributed by atoms with Crippen molar-refractivity contribution in [1.82, 2.24) is 0 Å². The zero-order valence-corrected chi connectivity index (χ0v) is 9.08. The molecule has 0 aliphatic carbocycles. The number of rotatable bonds is 7. The average molecular weight is 202 g/mol. The molecule has 1 aliphatic heterocycles. The highest BCUT2D eigenvalue weighted by Crippen LogP contribution is 2.18. The lowest BCUT2D eigenvalue weighted by atomic mass is 10.1. The first-order valence-corrected chi connectivity index (χ1v) is 5.70. The van der Waals surface area contributed by atoms with E-state index in [-0.39, 0.29) is 6.10 Å². The van der Waals surface area contributed by atoms with Crippen molar-refractivity contribution in [1.29, 1.82) is 0 Å². The van der Waals surface area contributed by atoms with E-state index in [4.69, 9.17) is 9.47 Å². The molecule has 1 aliphatic rings. The summed E-state index contributed by atoms with van der Waals surface area (Å²) < 4.78 is 10.7. The molecule has 1 N–H and O–H groups in total. The molecule has 0 aromatic heterocycles. The monoisotopic (exact) mass is 202 g/mol. The van der Waals surface area contributed by atoms with Gasteiger partial charge in [-0.3, -0.25) is 0 Å². The summed E-state index contributed by atoms with van der Waals surface area (Å²) in [5.41, 5.74) is 0. The van der Waals surface area contributed by atoms with Crippen molar-refractivity contribution in [3.05, 3.63) is 0 Å². The topological polar surface area (TPSA) is 38.7 Å². The van der Waals surface area contributed by atoms with E-state index in [9.17, 15) is 5.11 Å². The molecule has 3 heteroatoms. The summed E-state index contributed by atoms with van der Waals surface area (Å²) in [5, 5.41) is 9.60. The summed E-state index contributed by atoms with van der Waals surface area (Å²) in [4.78, 5) is 0. The van der Waals surface area contributed by atoms with Gasteiger partial charge in [0.1, 0.15) is 0 Å². The van der Waals surface area contributed by atoms with Crippen molar-refractivity contribution >= 4 is 0 Å². The third-order valence-electron chi connectivity index (χ3n) is 2.65. The molecule has 1 saturated heterocycles. The molecule has 84 valence electrons. The summed E-state index contributed by atoms with van der Waals surface area (Å²) in [5.74, 6) is 0. The predicted molar refractivity (Wildman–Crippen MR) is 55.3 cm³/mol. The molecular weight excluding hydrogens is 180 g/mol. The van der Waals surface area contributed by atoms with Gasteiger partial charge >= 0.3 is 0 Å². The van der Waals surface area contributed by atoms with Crippen LogP contribution in [-0.4, -0.2) is 37.1 Å². The lowest BCUT2D eigenvalue weighted by molar-refractivity contribution is 0.0597. The molecule has 0 amide bonds. The number of aliphatic hydroxyl groups is 1. The predicted octanol–water partition coefficient (Wildman–Crippen LogP) is 1.73. The fraction of sp³-hybridized carbons (Fsp3) is 1.00. The van der Waals surface area contributed by atoms with Crippen LogP contribution in [0.3, 0.4) is 0 Å². The molecule has 1 heterocycles. The fourth-order valence-electron chi connectivity index (χ4n) is 1.76. The van der Waals surface area contributed by atoms with Crippen molar-refractivity contribution in [2.45, 2.75) is 51.2 Å². The molecule has 0 aromatic carbocycles. The number of aliphatic hydroxyl groups excluding tert-OH is 1. The van der Waals surface area contributed by atoms with Crippen LogP contribution >= 0.6 is 0 Å². The van der Waals surface area contributed by atoms with Gasteiger partial charge in [-0.1, -0.05) is 0 Å². The summed E-state index contributed by atoms with van der Waals surface area (Å²) in [7, 11) is 0. The maximum absolute atomic E-state index is 9.60. The van der Waals surface area contributed by atoms with Crippen molar-refractivity contribution in [2.24, 2.45) is 0 Å². The summed E-state index contributed by atoms with van der Waals surface area (Å²) in [6.07, 6.45) is 5.12. The minimum absolute atomic E-state index is 0.217. The van der Waals surface area contributed by atoms with Gasteiger partial charge < -0.3 is 14.6 Å². The van der Waals surface area contributed by atoms with Crippen LogP contribution in [0.5, 0.6) is 0 Å². The molecule has 0 bridgehead atoms. The SMILES string of the molecule is CCOCCC(O)CCC1CCCO1. The third-order valence-corrected chi connectivity index (χ3v) is 2.65. The molecule has 14 heavy (non-hydrogen) atoms. The van der Waals surface area contributed by atoms with Crippen molar-refractivity contribution in [3.8, 4) is 0 Å². The molecule has 0 spiro atoms. The van der Waals surface area contributed by atoms with Crippen LogP contribution in [0.2, 0.25) is 0 Å². The number of hydrogen-bond donors (Lipinski definition) is 1. The number of ether oxygens (including phenoxy) is 2. The molecular formula is C11H22O3. The largest absolute Gasteiger partial charge is 0.393 e. The quantitative estimate of drug-likeness (QED) is 0.639. The van der Waals surface area contributed by atoms with Crippen LogP contribution in [0.4, 0.5) is 0 Å². The molecule has 1 fully saturated rings. The highest BCUT2D eigenvalue weighted by molar-refractivity contribution is 4.67. The van der Waals surface area contributed by atoms with E-state index in [1.54, 1.807) is 0 Å². The van der Waals surface area contributed by atoms with E-state index in [1.165, 1.54) is 6.42 Å². The summed E-state index contributed by atoms with van der Waals surface area (Å²) in [6.45, 7) is 4.28. The molecule has 0 radical (unpaired) electrons. The minimum atomic E-state index is -0.217. The second-order valence-electron chi connectivity index (χ2n) is 3.85. The van der Waals surface area contributed by atoms with E-state index >= 15 is 0 Å². The van der Waals surface area contributed by atoms with Crippen LogP contribution in [0.1, 0.15) is 39.0 Å². The van der Waals surface area contributed by atoms with Gasteiger partial charge in [0, 0.05) is 19.8 Å². The van der Waals surface area contributed by atoms with Crippen molar-refractivity contribution in [3.63, 3.8) is 0 Å². The van der Waals surface area contributed by atoms with Gasteiger partial charge in [0.25, 0.3) is 0 Å². The van der Waals surface area contributed by atoms with Gasteiger partial charge in [0.05, 0.1) is 12.2 Å². The zero-order chi connectivity index (χ0) is 10.2. The maximum Gasteiger partial charge on any atom is 0.0577 e. The Morgan fingerprint density at radius 3 is 3.00 bits per heavy atom. The Morgan fingerprint density at radius 1 is 1.50 bits per heavy atom. The average Bonchev–Trinajstić information content (AvgIpc) is 2.68. The molecule has 1 rings (SSSR count). The fourth-order valence-corrected chi connectivity index (χ4v) is 1.76. The van der Waals surface area contributed by atoms with Gasteiger partial charge in [-0.05, 0) is 39.0 Å². The van der Waals surface area contributed by atoms with E-state index in [2.05, 4.69) is 0 Å². The maximum atomic E-state index is 9.60. The van der Waals surface area contributed by atoms with Gasteiger partial charge in [0.15, 0.2) is 0 Å². The smallest absolute Gasteiger partial charge is 0.0577 e. The molecule has 3 nitrogen and oxygen atoms in total. The van der Waals surface area contributed by atoms with Crippen molar-refractivity contribution < 1.29 is 14.6 Å². The van der Waals surface area contributed by atoms with E-state index in [1.807, 2.05) is 6.92 Å². The Balaban J connectivity index is 1.93. The minimum Gasteiger partial charge on any atom is -0.393 e. The Kier molecular flexibility index (Phi) is 6.15. The van der Waals surface area contributed by atoms with Crippen LogP contribution < -0.4 is 0 Å². The van der Waals surface area contributed by atoms with Gasteiger partial charge in [-0.2, -0.15) is 0 Å². The first-order chi connectivity index (χ1) is 6.83. The molecule has 2 unspecified atom stereocenters. The lowest BCUT2D eigenvalue weighted by Gasteiger charge is -2.13. The van der Waals surface area contributed by atoms with E-state index in [0.29, 0.717) is 12.7 Å². The van der Waals surface area contributed by atoms with Gasteiger partial charge in [-0.15, -0.1) is 0 Å². The lowest BCUT2D eigenvalue weighted by Crippen LogP contribution is -2.14. The molecule has 0 saturated carbocycles. The molecule has 0 aromatic rings. The standard InChI is InChI=1S/C11H22O3/c1-2-13-9-7-10(12)5-6-11-4-3-8-14-11/h10-12H,2-9H2,1H3. The Morgan fingerprint density at radius 2 is 2.36 bits per heavy atom. The van der Waals surface area contributed by atoms with Crippen LogP contribution in [0, 0.1) is 0 Å². The highest BCUT2D eigenvalue weighted by Gasteiger charge is 2.16. The number of hydrogen-bond acceptors (Lipinski definition) is 3. The third kappa shape index (κ3) is 4.94. The Bertz CT molecular complexity index is 132. The van der Waals surface area contributed by atoms with Crippen LogP contribution in [0.25, 0.3) is 0 Å². The summed E-state index contributed by atoms with van der Waals surface area (Å²) >= 11 is 0. The van der Waals surface area contributed by atoms with Crippen LogP contribution in [0.15, 0.2) is 0 Å². The summed E-state index contributed by atoms with van der Waals surface area (Å²) in [6, 6.07) is 0. The van der Waals surface area contributed by atoms with E-state index in [0.717, 1.165) is 38.9 Å². The Labute approximate surface area is 86.4 Å². The molecule has 2 atom stereocenters. The second-order valence-corrected chi connectivity index (χ2v) is 3.85. The van der Waals surface area contributed by atoms with E-state index < -0.39 is 0 Å². The van der Waals surface area contributed by atoms with Crippen LogP contribution in [-0.2, 0) is 9.47 Å². The Hall–Kier alpha value is -0.120. The first kappa shape index (κ1) is 12.0. The second kappa shape index (κ2) is 7.21. The van der Waals surface area contributed by atoms with Crippen molar-refractivity contribution in [2.75, 3.05) is 19.8 Å². The first-order valence-electron chi connectivity index (χ1n) is 5.70. The van der Waals surface area contributed by atoms with Gasteiger partial charge in [-0.25, -0.2) is 0 Å². The van der Waals surface area contributed by atoms with Gasteiger partial charge in [0.2, 0.25) is 0 Å².